The van der Waals surface area contributed by atoms with E-state index >= 15 is 0 Å². The van der Waals surface area contributed by atoms with Crippen molar-refractivity contribution >= 4 is 32.3 Å². The standard InChI is InChI=1S/C65H43N/c1-5-21-44(22-6-1)58-43-59(63(47-26-9-3-10-27-47)64(48-28-11-4-12-29-48)62(58)46-24-7-2-8-25-46)49-30-19-31-50(41-49)60-54-35-15-17-37-56(54)61(57-38-18-16-36-55(57)60)51-32-20-33-52(42-51)65-53-34-14-13-23-45(53)39-40-66-65/h1-43H. The van der Waals surface area contributed by atoms with Gasteiger partial charge in [0.25, 0.3) is 0 Å². The van der Waals surface area contributed by atoms with Crippen molar-refractivity contribution in [3.05, 3.63) is 261 Å². The van der Waals surface area contributed by atoms with E-state index in [4.69, 9.17) is 4.98 Å². The zero-order chi connectivity index (χ0) is 43.8. The second kappa shape index (κ2) is 16.8. The molecule has 0 aliphatic rings. The van der Waals surface area contributed by atoms with Crippen LogP contribution in [0.15, 0.2) is 261 Å². The molecule has 0 saturated carbocycles. The SMILES string of the molecule is c1ccc(-c2cc(-c3cccc(-c4c5ccccc5c(-c5cccc(-c6nccc7ccccc67)c5)c5ccccc45)c3)c(-c3ccccc3)c(-c3ccccc3)c2-c2ccccc2)cc1. The maximum atomic E-state index is 4.91. The van der Waals surface area contributed by atoms with Crippen molar-refractivity contribution in [3.63, 3.8) is 0 Å². The Morgan fingerprint density at radius 1 is 0.212 bits per heavy atom. The highest BCUT2D eigenvalue weighted by atomic mass is 14.7. The average Bonchev–Trinajstić information content (AvgIpc) is 3.40. The summed E-state index contributed by atoms with van der Waals surface area (Å²) in [7, 11) is 0. The van der Waals surface area contributed by atoms with Crippen molar-refractivity contribution in [3.8, 4) is 89.1 Å². The largest absolute Gasteiger partial charge is 0.256 e. The fraction of sp³-hybridized carbons (Fsp3) is 0. The third-order valence-electron chi connectivity index (χ3n) is 13.1. The van der Waals surface area contributed by atoms with Crippen molar-refractivity contribution in [1.82, 2.24) is 4.98 Å². The summed E-state index contributed by atoms with van der Waals surface area (Å²) in [5.41, 5.74) is 18.8. The molecule has 12 rings (SSSR count). The molecule has 0 unspecified atom stereocenters. The van der Waals surface area contributed by atoms with Gasteiger partial charge in [0.2, 0.25) is 0 Å². The lowest BCUT2D eigenvalue weighted by Gasteiger charge is -2.25. The normalized spacial score (nSPS) is 11.3. The van der Waals surface area contributed by atoms with Crippen LogP contribution in [0.4, 0.5) is 0 Å². The molecule has 0 radical (unpaired) electrons. The van der Waals surface area contributed by atoms with Crippen molar-refractivity contribution in [2.24, 2.45) is 0 Å². The number of rotatable bonds is 8. The highest BCUT2D eigenvalue weighted by Crippen LogP contribution is 2.51. The number of pyridine rings is 1. The van der Waals surface area contributed by atoms with Gasteiger partial charge in [-0.3, -0.25) is 4.98 Å². The van der Waals surface area contributed by atoms with Gasteiger partial charge in [-0.05, 0) is 129 Å². The van der Waals surface area contributed by atoms with Gasteiger partial charge in [-0.25, -0.2) is 0 Å². The summed E-state index contributed by atoms with van der Waals surface area (Å²) in [5, 5.41) is 7.21. The van der Waals surface area contributed by atoms with E-state index in [2.05, 4.69) is 255 Å². The van der Waals surface area contributed by atoms with Crippen LogP contribution in [0.1, 0.15) is 0 Å². The van der Waals surface area contributed by atoms with Crippen molar-refractivity contribution in [2.75, 3.05) is 0 Å². The Bertz CT molecular complexity index is 3660. The van der Waals surface area contributed by atoms with E-state index in [0.717, 1.165) is 22.2 Å². The van der Waals surface area contributed by atoms with Gasteiger partial charge in [0.05, 0.1) is 5.69 Å². The van der Waals surface area contributed by atoms with Crippen LogP contribution in [-0.4, -0.2) is 4.98 Å². The molecule has 0 aliphatic carbocycles. The molecule has 0 spiro atoms. The molecular formula is C65H43N. The summed E-state index contributed by atoms with van der Waals surface area (Å²) in [4.78, 5) is 4.91. The molecule has 0 fully saturated rings. The van der Waals surface area contributed by atoms with Gasteiger partial charge in [0, 0.05) is 17.1 Å². The van der Waals surface area contributed by atoms with E-state index in [0.29, 0.717) is 0 Å². The Hall–Kier alpha value is -8.65. The number of hydrogen-bond acceptors (Lipinski definition) is 1. The molecule has 0 amide bonds. The monoisotopic (exact) mass is 837 g/mol. The number of nitrogens with zero attached hydrogens (tertiary/aromatic N) is 1. The molecule has 1 heteroatoms. The summed E-state index contributed by atoms with van der Waals surface area (Å²) in [6.45, 7) is 0. The van der Waals surface area contributed by atoms with E-state index in [1.165, 1.54) is 99.3 Å². The minimum Gasteiger partial charge on any atom is -0.256 e. The summed E-state index contributed by atoms with van der Waals surface area (Å²) >= 11 is 0. The lowest BCUT2D eigenvalue weighted by atomic mass is 9.78. The van der Waals surface area contributed by atoms with Crippen molar-refractivity contribution in [1.29, 1.82) is 0 Å². The third-order valence-corrected chi connectivity index (χ3v) is 13.1. The van der Waals surface area contributed by atoms with Gasteiger partial charge in [-0.2, -0.15) is 0 Å². The lowest BCUT2D eigenvalue weighted by molar-refractivity contribution is 1.36. The highest BCUT2D eigenvalue weighted by molar-refractivity contribution is 6.22. The second-order valence-electron chi connectivity index (χ2n) is 16.9. The molecule has 0 saturated heterocycles. The van der Waals surface area contributed by atoms with Gasteiger partial charge in [-0.15, -0.1) is 0 Å². The first-order valence-electron chi connectivity index (χ1n) is 22.7. The summed E-state index contributed by atoms with van der Waals surface area (Å²) in [6.07, 6.45) is 1.92. The van der Waals surface area contributed by atoms with Crippen LogP contribution >= 0.6 is 0 Å². The molecule has 0 bridgehead atoms. The van der Waals surface area contributed by atoms with E-state index in [1.807, 2.05) is 6.20 Å². The number of benzene rings is 11. The van der Waals surface area contributed by atoms with Crippen LogP contribution in [0.3, 0.4) is 0 Å². The van der Waals surface area contributed by atoms with Crippen LogP contribution in [0.2, 0.25) is 0 Å². The smallest absolute Gasteiger partial charge is 0.0780 e. The van der Waals surface area contributed by atoms with Crippen molar-refractivity contribution < 1.29 is 0 Å². The molecule has 0 aliphatic heterocycles. The molecule has 66 heavy (non-hydrogen) atoms. The Kier molecular flexibility index (Phi) is 9.93. The summed E-state index contributed by atoms with van der Waals surface area (Å²) in [6, 6.07) is 92.8. The fourth-order valence-electron chi connectivity index (χ4n) is 10.2. The second-order valence-corrected chi connectivity index (χ2v) is 16.9. The van der Waals surface area contributed by atoms with E-state index in [9.17, 15) is 0 Å². The summed E-state index contributed by atoms with van der Waals surface area (Å²) < 4.78 is 0. The van der Waals surface area contributed by atoms with Crippen LogP contribution < -0.4 is 0 Å². The Morgan fingerprint density at radius 3 is 1.09 bits per heavy atom. The molecule has 308 valence electrons. The lowest BCUT2D eigenvalue weighted by Crippen LogP contribution is -1.98. The maximum Gasteiger partial charge on any atom is 0.0780 e. The van der Waals surface area contributed by atoms with Gasteiger partial charge in [0.15, 0.2) is 0 Å². The minimum atomic E-state index is 0.995. The molecule has 1 aromatic heterocycles. The molecule has 1 heterocycles. The van der Waals surface area contributed by atoms with Crippen LogP contribution in [0.5, 0.6) is 0 Å². The highest BCUT2D eigenvalue weighted by Gasteiger charge is 2.25. The zero-order valence-corrected chi connectivity index (χ0v) is 36.3. The molecule has 1 nitrogen and oxygen atoms in total. The first-order valence-corrected chi connectivity index (χ1v) is 22.7. The maximum absolute atomic E-state index is 4.91. The molecule has 12 aromatic rings. The Balaban J connectivity index is 1.12. The first kappa shape index (κ1) is 39.0. The predicted molar refractivity (Wildman–Crippen MR) is 280 cm³/mol. The van der Waals surface area contributed by atoms with Crippen molar-refractivity contribution in [2.45, 2.75) is 0 Å². The van der Waals surface area contributed by atoms with E-state index < -0.39 is 0 Å². The van der Waals surface area contributed by atoms with Crippen LogP contribution in [0, 0.1) is 0 Å². The average molecular weight is 838 g/mol. The van der Waals surface area contributed by atoms with Crippen LogP contribution in [0.25, 0.3) is 121 Å². The van der Waals surface area contributed by atoms with Crippen LogP contribution in [-0.2, 0) is 0 Å². The molecule has 0 atom stereocenters. The fourth-order valence-corrected chi connectivity index (χ4v) is 10.2. The predicted octanol–water partition coefficient (Wildman–Crippen LogP) is 17.9. The Labute approximate surface area is 385 Å². The minimum absolute atomic E-state index is 0.995. The number of aromatic nitrogens is 1. The van der Waals surface area contributed by atoms with Gasteiger partial charge < -0.3 is 0 Å². The molecular weight excluding hydrogens is 795 g/mol. The molecule has 11 aromatic carbocycles. The first-order chi connectivity index (χ1) is 32.8. The van der Waals surface area contributed by atoms with Gasteiger partial charge in [-0.1, -0.05) is 231 Å². The third kappa shape index (κ3) is 6.86. The quantitative estimate of drug-likeness (QED) is 0.139. The zero-order valence-electron chi connectivity index (χ0n) is 36.3. The molecule has 0 N–H and O–H groups in total. The Morgan fingerprint density at radius 2 is 0.576 bits per heavy atom. The summed E-state index contributed by atoms with van der Waals surface area (Å²) in [5.74, 6) is 0. The van der Waals surface area contributed by atoms with E-state index in [-0.39, 0.29) is 0 Å². The van der Waals surface area contributed by atoms with Gasteiger partial charge in [0.1, 0.15) is 0 Å². The topological polar surface area (TPSA) is 12.9 Å². The number of hydrogen-bond donors (Lipinski definition) is 0. The number of fused-ring (bicyclic) bond motifs is 3. The van der Waals surface area contributed by atoms with Gasteiger partial charge >= 0.3 is 0 Å². The van der Waals surface area contributed by atoms with E-state index in [1.54, 1.807) is 0 Å².